The van der Waals surface area contributed by atoms with Gasteiger partial charge in [0.2, 0.25) is 0 Å². The molecule has 0 amide bonds. The van der Waals surface area contributed by atoms with Crippen LogP contribution in [0.3, 0.4) is 0 Å². The molecule has 0 fully saturated rings. The van der Waals surface area contributed by atoms with Gasteiger partial charge in [-0.2, -0.15) is 10.2 Å². The third-order valence-corrected chi connectivity index (χ3v) is 4.52. The van der Waals surface area contributed by atoms with Gasteiger partial charge in [0.15, 0.2) is 5.82 Å². The van der Waals surface area contributed by atoms with Crippen LogP contribution in [0.5, 0.6) is 0 Å². The summed E-state index contributed by atoms with van der Waals surface area (Å²) in [5.74, 6) is 0.353. The molecule has 2 aromatic carbocycles. The van der Waals surface area contributed by atoms with Crippen LogP contribution >= 0.6 is 15.9 Å². The lowest BCUT2D eigenvalue weighted by Gasteiger charge is -2.04. The van der Waals surface area contributed by atoms with E-state index in [1.165, 1.54) is 0 Å². The van der Waals surface area contributed by atoms with Gasteiger partial charge in [-0.3, -0.25) is 4.68 Å². The molecule has 128 valence electrons. The van der Waals surface area contributed by atoms with Crippen molar-refractivity contribution in [1.29, 1.82) is 0 Å². The maximum absolute atomic E-state index is 6.01. The van der Waals surface area contributed by atoms with Crippen molar-refractivity contribution >= 4 is 43.9 Å². The third-order valence-electron chi connectivity index (χ3n) is 4.03. The molecule has 2 aromatic heterocycles. The summed E-state index contributed by atoms with van der Waals surface area (Å²) < 4.78 is 2.73. The highest BCUT2D eigenvalue weighted by Gasteiger charge is 2.07. The van der Waals surface area contributed by atoms with E-state index in [-0.39, 0.29) is 0 Å². The van der Waals surface area contributed by atoms with Crippen molar-refractivity contribution in [2.45, 2.75) is 0 Å². The van der Waals surface area contributed by atoms with Crippen molar-refractivity contribution in [2.24, 2.45) is 17.3 Å². The number of aryl methyl sites for hydroxylation is 1. The zero-order valence-corrected chi connectivity index (χ0v) is 15.6. The summed E-state index contributed by atoms with van der Waals surface area (Å²) in [6.45, 7) is 0. The summed E-state index contributed by atoms with van der Waals surface area (Å²) >= 11 is 3.48. The SMILES string of the molecule is Cn1cc(-c2ccc(/N=N/c3c(N)ncc4ccc(Br)cc34)cc2)cn1. The quantitative estimate of drug-likeness (QED) is 0.462. The number of anilines is 1. The molecule has 0 aliphatic heterocycles. The number of hydrogen-bond donors (Lipinski definition) is 1. The Morgan fingerprint density at radius 3 is 2.54 bits per heavy atom. The summed E-state index contributed by atoms with van der Waals surface area (Å²) in [5.41, 5.74) is 9.46. The average molecular weight is 407 g/mol. The van der Waals surface area contributed by atoms with Crippen LogP contribution in [0.1, 0.15) is 0 Å². The van der Waals surface area contributed by atoms with Gasteiger partial charge in [0.25, 0.3) is 0 Å². The molecule has 0 radical (unpaired) electrons. The van der Waals surface area contributed by atoms with Crippen molar-refractivity contribution in [2.75, 3.05) is 5.73 Å². The van der Waals surface area contributed by atoms with Gasteiger partial charge < -0.3 is 5.73 Å². The van der Waals surface area contributed by atoms with Gasteiger partial charge in [-0.15, -0.1) is 5.11 Å². The molecule has 0 unspecified atom stereocenters. The highest BCUT2D eigenvalue weighted by Crippen LogP contribution is 2.33. The van der Waals surface area contributed by atoms with Gasteiger partial charge in [-0.05, 0) is 29.8 Å². The van der Waals surface area contributed by atoms with E-state index in [9.17, 15) is 0 Å². The number of nitrogen functional groups attached to an aromatic ring is 1. The van der Waals surface area contributed by atoms with Crippen LogP contribution in [0.15, 0.2) is 75.8 Å². The Bertz CT molecular complexity index is 1110. The molecular weight excluding hydrogens is 392 g/mol. The Balaban J connectivity index is 1.67. The van der Waals surface area contributed by atoms with Crippen molar-refractivity contribution < 1.29 is 0 Å². The first-order chi connectivity index (χ1) is 12.6. The Labute approximate surface area is 158 Å². The first kappa shape index (κ1) is 16.4. The molecule has 0 bridgehead atoms. The second-order valence-electron chi connectivity index (χ2n) is 5.87. The van der Waals surface area contributed by atoms with Crippen LogP contribution in [0, 0.1) is 0 Å². The minimum atomic E-state index is 0.353. The fraction of sp³-hybridized carbons (Fsp3) is 0.0526. The summed E-state index contributed by atoms with van der Waals surface area (Å²) in [6.07, 6.45) is 5.53. The molecule has 0 saturated heterocycles. The van der Waals surface area contributed by atoms with E-state index >= 15 is 0 Å². The van der Waals surface area contributed by atoms with Gasteiger partial charge in [0, 0.05) is 40.2 Å². The van der Waals surface area contributed by atoms with Crippen molar-refractivity contribution in [3.8, 4) is 11.1 Å². The van der Waals surface area contributed by atoms with Crippen molar-refractivity contribution in [3.05, 3.63) is 65.5 Å². The van der Waals surface area contributed by atoms with E-state index in [4.69, 9.17) is 5.73 Å². The molecule has 0 spiro atoms. The molecule has 0 saturated carbocycles. The molecule has 6 nitrogen and oxygen atoms in total. The van der Waals surface area contributed by atoms with Crippen LogP contribution in [-0.2, 0) is 7.05 Å². The topological polar surface area (TPSA) is 81.5 Å². The summed E-state index contributed by atoms with van der Waals surface area (Å²) in [5, 5.41) is 14.7. The van der Waals surface area contributed by atoms with Crippen molar-refractivity contribution in [1.82, 2.24) is 14.8 Å². The Hall–Kier alpha value is -3.06. The van der Waals surface area contributed by atoms with Gasteiger partial charge >= 0.3 is 0 Å². The van der Waals surface area contributed by atoms with Gasteiger partial charge in [-0.25, -0.2) is 4.98 Å². The van der Waals surface area contributed by atoms with E-state index in [1.807, 2.05) is 61.9 Å². The standard InChI is InChI=1S/C19H15BrN6/c1-26-11-14(10-23-26)12-3-6-16(7-4-12)24-25-18-17-8-15(20)5-2-13(17)9-22-19(18)21/h2-11H,1H3,(H2,21,22)/b25-24+. The number of fused-ring (bicyclic) bond motifs is 1. The molecule has 0 aliphatic rings. The lowest BCUT2D eigenvalue weighted by molar-refractivity contribution is 0.768. The molecule has 0 atom stereocenters. The van der Waals surface area contributed by atoms with Crippen LogP contribution in [0.25, 0.3) is 21.9 Å². The Kier molecular flexibility index (Phi) is 4.22. The number of halogens is 1. The predicted molar refractivity (Wildman–Crippen MR) is 107 cm³/mol. The highest BCUT2D eigenvalue weighted by atomic mass is 79.9. The lowest BCUT2D eigenvalue weighted by atomic mass is 10.1. The second-order valence-corrected chi connectivity index (χ2v) is 6.79. The average Bonchev–Trinajstić information content (AvgIpc) is 3.08. The number of benzene rings is 2. The smallest absolute Gasteiger partial charge is 0.151 e. The van der Waals surface area contributed by atoms with E-state index < -0.39 is 0 Å². The maximum Gasteiger partial charge on any atom is 0.151 e. The number of azo groups is 1. The number of rotatable bonds is 3. The largest absolute Gasteiger partial charge is 0.382 e. The maximum atomic E-state index is 6.01. The molecule has 4 rings (SSSR count). The molecule has 26 heavy (non-hydrogen) atoms. The summed E-state index contributed by atoms with van der Waals surface area (Å²) in [4.78, 5) is 4.20. The minimum absolute atomic E-state index is 0.353. The molecular formula is C19H15BrN6. The number of nitrogens with zero attached hydrogens (tertiary/aromatic N) is 5. The van der Waals surface area contributed by atoms with Gasteiger partial charge in [-0.1, -0.05) is 34.1 Å². The van der Waals surface area contributed by atoms with Crippen LogP contribution in [-0.4, -0.2) is 14.8 Å². The predicted octanol–water partition coefficient (Wildman–Crippen LogP) is 5.40. The third kappa shape index (κ3) is 3.21. The van der Waals surface area contributed by atoms with E-state index in [2.05, 4.69) is 36.2 Å². The Morgan fingerprint density at radius 1 is 1.00 bits per heavy atom. The van der Waals surface area contributed by atoms with E-state index in [0.29, 0.717) is 11.5 Å². The zero-order valence-electron chi connectivity index (χ0n) is 14.0. The van der Waals surface area contributed by atoms with Crippen LogP contribution in [0.4, 0.5) is 17.2 Å². The Morgan fingerprint density at radius 2 is 1.81 bits per heavy atom. The zero-order chi connectivity index (χ0) is 18.1. The molecule has 0 aliphatic carbocycles. The fourth-order valence-electron chi connectivity index (χ4n) is 2.69. The molecule has 2 heterocycles. The number of nitrogens with two attached hydrogens (primary N) is 1. The first-order valence-corrected chi connectivity index (χ1v) is 8.74. The second kappa shape index (κ2) is 6.68. The van der Waals surface area contributed by atoms with Gasteiger partial charge in [0.1, 0.15) is 5.69 Å². The number of hydrogen-bond acceptors (Lipinski definition) is 5. The molecule has 7 heteroatoms. The molecule has 4 aromatic rings. The minimum Gasteiger partial charge on any atom is -0.382 e. The number of pyridine rings is 1. The van der Waals surface area contributed by atoms with Crippen LogP contribution < -0.4 is 5.73 Å². The van der Waals surface area contributed by atoms with Crippen molar-refractivity contribution in [3.63, 3.8) is 0 Å². The highest BCUT2D eigenvalue weighted by molar-refractivity contribution is 9.10. The van der Waals surface area contributed by atoms with Crippen LogP contribution in [0.2, 0.25) is 0 Å². The first-order valence-electron chi connectivity index (χ1n) is 7.95. The van der Waals surface area contributed by atoms with E-state index in [1.54, 1.807) is 10.9 Å². The lowest BCUT2D eigenvalue weighted by Crippen LogP contribution is -1.90. The summed E-state index contributed by atoms with van der Waals surface area (Å²) in [7, 11) is 1.90. The summed E-state index contributed by atoms with van der Waals surface area (Å²) in [6, 6.07) is 13.7. The van der Waals surface area contributed by atoms with Gasteiger partial charge in [0.05, 0.1) is 11.9 Å². The fourth-order valence-corrected chi connectivity index (χ4v) is 3.05. The van der Waals surface area contributed by atoms with E-state index in [0.717, 1.165) is 32.1 Å². The normalized spacial score (nSPS) is 11.5. The monoisotopic (exact) mass is 406 g/mol. The molecule has 2 N–H and O–H groups in total. The number of aromatic nitrogens is 3.